The Hall–Kier alpha value is 2.24. The Balaban J connectivity index is 5.23. The predicted octanol–water partition coefficient (Wildman–Crippen LogP) is 10.8. The number of halogens is 1. The summed E-state index contributed by atoms with van der Waals surface area (Å²) in [6.45, 7) is 21.8. The minimum absolute atomic E-state index is 0.0600. The first-order valence-electron chi connectivity index (χ1n) is 13.8. The van der Waals surface area contributed by atoms with Crippen LogP contribution < -0.4 is 0 Å². The maximum atomic E-state index is 12.0. The Kier molecular flexibility index (Phi) is 27.6. The lowest BCUT2D eigenvalue weighted by Gasteiger charge is -2.27. The van der Waals surface area contributed by atoms with Gasteiger partial charge in [-0.3, -0.25) is 4.94 Å². The molecule has 0 heterocycles. The number of hydrogen-bond donors (Lipinski definition) is 1. The number of thiol groups is 1. The van der Waals surface area contributed by atoms with Crippen LogP contribution in [0.2, 0.25) is 0 Å². The van der Waals surface area contributed by atoms with E-state index in [4.69, 9.17) is 31.7 Å². The minimum Gasteiger partial charge on any atom is -0.346 e. The van der Waals surface area contributed by atoms with Gasteiger partial charge in [0.1, 0.15) is 0 Å². The smallest absolute Gasteiger partial charge is 0.346 e. The first kappa shape index (κ1) is 44.2. The summed E-state index contributed by atoms with van der Waals surface area (Å²) in [5.74, 6) is 0.718. The third-order valence-corrected chi connectivity index (χ3v) is 16.6. The molecule has 252 valence electrons. The molecule has 42 heavy (non-hydrogen) atoms. The molecule has 9 nitrogen and oxygen atoms in total. The number of carbonyl (C=O) groups excluding carboxylic acids is 1. The summed E-state index contributed by atoms with van der Waals surface area (Å²) in [4.78, 5) is 14.4. The molecule has 6 atom stereocenters. The predicted molar refractivity (Wildman–Crippen MR) is 187 cm³/mol. The molecule has 0 aliphatic carbocycles. The van der Waals surface area contributed by atoms with Gasteiger partial charge < -0.3 is 31.7 Å². The molecule has 0 fully saturated rings. The van der Waals surface area contributed by atoms with Crippen molar-refractivity contribution in [2.24, 2.45) is 0 Å². The molecule has 0 bridgehead atoms. The minimum atomic E-state index is -1.34. The first-order chi connectivity index (χ1) is 19.6. The molecule has 0 aromatic rings. The fourth-order valence-electron chi connectivity index (χ4n) is 2.39. The lowest BCUT2D eigenvalue weighted by Crippen LogP contribution is -2.15. The molecule has 0 aliphatic rings. The van der Waals surface area contributed by atoms with Crippen molar-refractivity contribution < 1.29 is 45.9 Å². The van der Waals surface area contributed by atoms with Gasteiger partial charge >= 0.3 is 5.97 Å². The summed E-state index contributed by atoms with van der Waals surface area (Å²) in [7, 11) is -4.67. The third-order valence-electron chi connectivity index (χ3n) is 3.85. The Morgan fingerprint density at radius 2 is 1.00 bits per heavy atom. The van der Waals surface area contributed by atoms with Crippen molar-refractivity contribution in [1.29, 1.82) is 0 Å². The molecule has 0 saturated carbocycles. The van der Waals surface area contributed by atoms with Crippen LogP contribution in [0.4, 0.5) is 4.53 Å². The summed E-state index contributed by atoms with van der Waals surface area (Å²) < 4.78 is 54.7. The molecule has 0 radical (unpaired) electrons. The van der Waals surface area contributed by atoms with Crippen molar-refractivity contribution in [1.82, 2.24) is 0 Å². The second kappa shape index (κ2) is 26.2. The van der Waals surface area contributed by atoms with Crippen molar-refractivity contribution >= 4 is 82.4 Å². The Morgan fingerprint density at radius 1 is 0.619 bits per heavy atom. The van der Waals surface area contributed by atoms with Gasteiger partial charge in [-0.1, -0.05) is 34.1 Å². The molecule has 0 spiro atoms. The van der Waals surface area contributed by atoms with Crippen LogP contribution in [-0.4, -0.2) is 72.1 Å². The number of carbonyl (C=O) groups is 1. The summed E-state index contributed by atoms with van der Waals surface area (Å²) in [6, 6.07) is 0. The summed E-state index contributed by atoms with van der Waals surface area (Å²) in [5, 5.41) is 0. The zero-order valence-electron chi connectivity index (χ0n) is 26.6. The van der Waals surface area contributed by atoms with E-state index in [1.165, 1.54) is 11.4 Å². The van der Waals surface area contributed by atoms with Crippen molar-refractivity contribution in [2.75, 3.05) is 23.4 Å². The topological polar surface area (TPSA) is 90.9 Å². The van der Waals surface area contributed by atoms with Crippen LogP contribution in [0.15, 0.2) is 0 Å². The van der Waals surface area contributed by atoms with Crippen molar-refractivity contribution in [3.63, 3.8) is 0 Å². The Labute approximate surface area is 275 Å². The monoisotopic (exact) mass is 754 g/mol. The van der Waals surface area contributed by atoms with E-state index in [9.17, 15) is 9.32 Å². The lowest BCUT2D eigenvalue weighted by atomic mass is 10.5. The van der Waals surface area contributed by atoms with Gasteiger partial charge in [-0.25, -0.2) is 4.79 Å². The number of rotatable bonds is 26. The van der Waals surface area contributed by atoms with Gasteiger partial charge in [-0.05, 0) is 76.2 Å². The standard InChI is InChI=1S/C24H51FO9P4S4/c1-17(2)28-35(39)14-21(9)32-38(34-23(11)15-41-36(29-18(3)4)30-19(5)6)42-16-22(10)33-37(31-20(7)8)40-13-12-24(26)27-25/h17-23,39H,12-16H2,1-11H3. The van der Waals surface area contributed by atoms with Gasteiger partial charge in [-0.15, -0.1) is 12.2 Å². The summed E-state index contributed by atoms with van der Waals surface area (Å²) in [6.07, 6.45) is 0.395. The molecule has 0 rings (SSSR count). The normalized spacial score (nSPS) is 16.8. The Morgan fingerprint density at radius 3 is 1.40 bits per heavy atom. The van der Waals surface area contributed by atoms with Gasteiger partial charge in [0.15, 0.2) is 0 Å². The van der Waals surface area contributed by atoms with Crippen LogP contribution in [0.25, 0.3) is 0 Å². The van der Waals surface area contributed by atoms with E-state index in [1.54, 1.807) is 22.8 Å². The lowest BCUT2D eigenvalue weighted by molar-refractivity contribution is -0.183. The van der Waals surface area contributed by atoms with Crippen molar-refractivity contribution in [2.45, 2.75) is 125 Å². The van der Waals surface area contributed by atoms with Crippen LogP contribution in [0, 0.1) is 0 Å². The quantitative estimate of drug-likeness (QED) is 0.0673. The van der Waals surface area contributed by atoms with E-state index < -0.39 is 36.1 Å². The van der Waals surface area contributed by atoms with Gasteiger partial charge in [0.25, 0.3) is 0 Å². The molecule has 0 aliphatic heterocycles. The van der Waals surface area contributed by atoms with Crippen LogP contribution in [0.1, 0.15) is 82.6 Å². The maximum absolute atomic E-state index is 12.0. The molecule has 0 saturated heterocycles. The van der Waals surface area contributed by atoms with E-state index in [1.807, 2.05) is 76.2 Å². The molecule has 0 N–H and O–H groups in total. The first-order valence-corrected chi connectivity index (χ1v) is 24.8. The van der Waals surface area contributed by atoms with Crippen molar-refractivity contribution in [3.8, 4) is 0 Å². The van der Waals surface area contributed by atoms with E-state index in [-0.39, 0.29) is 49.1 Å². The van der Waals surface area contributed by atoms with Gasteiger partial charge in [0, 0.05) is 27.9 Å². The largest absolute Gasteiger partial charge is 0.349 e. The fraction of sp³-hybridized carbons (Fsp3) is 0.958. The van der Waals surface area contributed by atoms with Crippen LogP contribution in [0.5, 0.6) is 0 Å². The molecule has 0 aromatic heterocycles. The van der Waals surface area contributed by atoms with E-state index >= 15 is 0 Å². The Bertz CT molecular complexity index is 686. The zero-order chi connectivity index (χ0) is 32.2. The molecule has 18 heteroatoms. The second-order valence-corrected chi connectivity index (χ2v) is 22.3. The molecular weight excluding hydrogens is 703 g/mol. The van der Waals surface area contributed by atoms with E-state index in [0.29, 0.717) is 23.4 Å². The molecule has 6 unspecified atom stereocenters. The summed E-state index contributed by atoms with van der Waals surface area (Å²) in [5.41, 5.74) is 0. The molecule has 0 aromatic carbocycles. The summed E-state index contributed by atoms with van der Waals surface area (Å²) >= 11 is 9.16. The highest BCUT2D eigenvalue weighted by Crippen LogP contribution is 2.59. The highest BCUT2D eigenvalue weighted by atomic mass is 32.7. The highest BCUT2D eigenvalue weighted by molar-refractivity contribution is 8.53. The second-order valence-electron chi connectivity index (χ2n) is 10.2. The highest BCUT2D eigenvalue weighted by Gasteiger charge is 2.26. The van der Waals surface area contributed by atoms with Crippen LogP contribution in [0.3, 0.4) is 0 Å². The van der Waals surface area contributed by atoms with Crippen LogP contribution in [-0.2, 0) is 41.4 Å². The van der Waals surface area contributed by atoms with E-state index in [2.05, 4.69) is 17.2 Å². The van der Waals surface area contributed by atoms with Crippen molar-refractivity contribution in [3.05, 3.63) is 0 Å². The zero-order valence-corrected chi connectivity index (χ0v) is 33.5. The van der Waals surface area contributed by atoms with Gasteiger partial charge in [0.2, 0.25) is 22.7 Å². The maximum Gasteiger partial charge on any atom is 0.349 e. The van der Waals surface area contributed by atoms with Crippen LogP contribution >= 0.6 is 76.5 Å². The molecule has 0 amide bonds. The fourth-order valence-corrected chi connectivity index (χ4v) is 15.6. The van der Waals surface area contributed by atoms with E-state index in [0.717, 1.165) is 0 Å². The number of hydrogen-bond acceptors (Lipinski definition) is 13. The molecular formula is C24H51FO9P4S4. The third kappa shape index (κ3) is 26.3. The average molecular weight is 755 g/mol. The van der Waals surface area contributed by atoms with Gasteiger partial charge in [-0.2, -0.15) is 0 Å². The SMILES string of the molecule is CC(C)OP(S)CC(C)OP(OC(C)CSP(OC(C)C)OC(C)C)SCC(C)OP(OC(C)C)SCCC(=O)OF. The average Bonchev–Trinajstić information content (AvgIpc) is 2.83. The van der Waals surface area contributed by atoms with Gasteiger partial charge in [0.05, 0.1) is 56.5 Å².